The second-order valence-electron chi connectivity index (χ2n) is 4.28. The van der Waals surface area contributed by atoms with Gasteiger partial charge >= 0.3 is 0 Å². The minimum atomic E-state index is -0.154. The summed E-state index contributed by atoms with van der Waals surface area (Å²) in [6, 6.07) is 7.70. The number of benzene rings is 1. The zero-order chi connectivity index (χ0) is 14.7. The molecule has 1 unspecified atom stereocenters. The molecule has 0 saturated heterocycles. The molecule has 0 saturated carbocycles. The third kappa shape index (κ3) is 3.26. The average molecular weight is 366 g/mol. The first kappa shape index (κ1) is 14.1. The predicted octanol–water partition coefficient (Wildman–Crippen LogP) is 2.20. The van der Waals surface area contributed by atoms with Crippen LogP contribution >= 0.6 is 27.7 Å². The highest BCUT2D eigenvalue weighted by Gasteiger charge is 2.16. The van der Waals surface area contributed by atoms with E-state index in [0.717, 1.165) is 21.9 Å². The molecule has 108 valence electrons. The summed E-state index contributed by atoms with van der Waals surface area (Å²) in [5.74, 6) is 1.19. The van der Waals surface area contributed by atoms with Crippen LogP contribution in [0.15, 0.2) is 34.9 Å². The zero-order valence-electron chi connectivity index (χ0n) is 10.8. The number of halogens is 1. The highest BCUT2D eigenvalue weighted by molar-refractivity contribution is 9.10. The summed E-state index contributed by atoms with van der Waals surface area (Å²) in [6.45, 7) is 0.389. The summed E-state index contributed by atoms with van der Waals surface area (Å²) >= 11 is 4.53. The highest BCUT2D eigenvalue weighted by Crippen LogP contribution is 2.20. The molecule has 9 heteroatoms. The van der Waals surface area contributed by atoms with Gasteiger partial charge in [-0.3, -0.25) is 5.10 Å². The van der Waals surface area contributed by atoms with Crippen LogP contribution in [0.2, 0.25) is 0 Å². The first-order valence-corrected chi connectivity index (χ1v) is 7.71. The minimum absolute atomic E-state index is 0.154. The molecule has 7 nitrogen and oxygen atoms in total. The molecule has 4 N–H and O–H groups in total. The van der Waals surface area contributed by atoms with Gasteiger partial charge in [-0.2, -0.15) is 13.8 Å². The maximum atomic E-state index is 5.83. The molecular formula is C12H12BrN7S. The summed E-state index contributed by atoms with van der Waals surface area (Å²) in [5, 5.41) is 10.4. The van der Waals surface area contributed by atoms with Crippen LogP contribution in [0.5, 0.6) is 0 Å². The van der Waals surface area contributed by atoms with Gasteiger partial charge in [-0.1, -0.05) is 15.9 Å². The van der Waals surface area contributed by atoms with Gasteiger partial charge in [0.2, 0.25) is 5.82 Å². The standard InChI is InChI=1S/C12H12BrN7S/c13-7-1-3-8(4-2-7)16-9(5-14)11-17-12(19-18-11)10-6-15-21-20-10/h1-4,6,9,16H,5,14H2,(H,17,18,19). The van der Waals surface area contributed by atoms with Crippen molar-refractivity contribution in [2.24, 2.45) is 5.73 Å². The number of anilines is 1. The average Bonchev–Trinajstić information content (AvgIpc) is 3.17. The molecule has 21 heavy (non-hydrogen) atoms. The van der Waals surface area contributed by atoms with E-state index < -0.39 is 0 Å². The van der Waals surface area contributed by atoms with Crippen LogP contribution in [-0.2, 0) is 0 Å². The fourth-order valence-electron chi connectivity index (χ4n) is 1.79. The molecular weight excluding hydrogens is 354 g/mol. The van der Waals surface area contributed by atoms with Crippen molar-refractivity contribution in [1.29, 1.82) is 0 Å². The van der Waals surface area contributed by atoms with Crippen LogP contribution in [0, 0.1) is 0 Å². The summed E-state index contributed by atoms with van der Waals surface area (Å²) in [7, 11) is 0. The van der Waals surface area contributed by atoms with Gasteiger partial charge in [0.05, 0.1) is 24.0 Å². The number of aromatic amines is 1. The molecule has 1 aromatic carbocycles. The number of H-pyrrole nitrogens is 1. The predicted molar refractivity (Wildman–Crippen MR) is 84.8 cm³/mol. The maximum Gasteiger partial charge on any atom is 0.202 e. The Bertz CT molecular complexity index is 695. The van der Waals surface area contributed by atoms with Crippen LogP contribution in [-0.4, -0.2) is 30.5 Å². The SMILES string of the molecule is NCC(Nc1ccc(Br)cc1)c1nc(-c2cnsn2)n[nH]1. The number of rotatable bonds is 5. The van der Waals surface area contributed by atoms with Crippen molar-refractivity contribution in [2.75, 3.05) is 11.9 Å². The monoisotopic (exact) mass is 365 g/mol. The molecule has 0 aliphatic rings. The fraction of sp³-hybridized carbons (Fsp3) is 0.167. The van der Waals surface area contributed by atoms with Gasteiger partial charge in [0.25, 0.3) is 0 Å². The molecule has 3 aromatic rings. The van der Waals surface area contributed by atoms with Gasteiger partial charge in [-0.15, -0.1) is 0 Å². The molecule has 0 spiro atoms. The van der Waals surface area contributed by atoms with Crippen molar-refractivity contribution in [3.63, 3.8) is 0 Å². The van der Waals surface area contributed by atoms with E-state index in [9.17, 15) is 0 Å². The lowest BCUT2D eigenvalue weighted by atomic mass is 10.2. The molecule has 0 aliphatic carbocycles. The Morgan fingerprint density at radius 2 is 2.14 bits per heavy atom. The van der Waals surface area contributed by atoms with E-state index >= 15 is 0 Å². The topological polar surface area (TPSA) is 105 Å². The molecule has 0 amide bonds. The molecule has 1 atom stereocenters. The summed E-state index contributed by atoms with van der Waals surface area (Å²) in [5.41, 5.74) is 7.44. The zero-order valence-corrected chi connectivity index (χ0v) is 13.2. The van der Waals surface area contributed by atoms with E-state index in [1.54, 1.807) is 6.20 Å². The normalized spacial score (nSPS) is 12.3. The van der Waals surface area contributed by atoms with E-state index in [0.29, 0.717) is 23.9 Å². The van der Waals surface area contributed by atoms with Crippen LogP contribution in [0.3, 0.4) is 0 Å². The molecule has 3 rings (SSSR count). The van der Waals surface area contributed by atoms with E-state index in [-0.39, 0.29) is 6.04 Å². The number of nitrogens with two attached hydrogens (primary N) is 1. The van der Waals surface area contributed by atoms with Crippen molar-refractivity contribution in [1.82, 2.24) is 23.9 Å². The lowest BCUT2D eigenvalue weighted by molar-refractivity contribution is 0.730. The molecule has 0 aliphatic heterocycles. The van der Waals surface area contributed by atoms with Crippen molar-refractivity contribution >= 4 is 33.3 Å². The van der Waals surface area contributed by atoms with Gasteiger partial charge in [-0.05, 0) is 24.3 Å². The second kappa shape index (κ2) is 6.29. The van der Waals surface area contributed by atoms with Crippen LogP contribution in [0.25, 0.3) is 11.5 Å². The third-order valence-corrected chi connectivity index (χ3v) is 3.85. The molecule has 0 fully saturated rings. The van der Waals surface area contributed by atoms with Crippen molar-refractivity contribution in [2.45, 2.75) is 6.04 Å². The molecule has 2 aromatic heterocycles. The minimum Gasteiger partial charge on any atom is -0.374 e. The fourth-order valence-corrected chi connectivity index (χ4v) is 2.47. The Kier molecular flexibility index (Phi) is 4.23. The quantitative estimate of drug-likeness (QED) is 0.639. The van der Waals surface area contributed by atoms with Crippen molar-refractivity contribution < 1.29 is 0 Å². The van der Waals surface area contributed by atoms with Gasteiger partial charge < -0.3 is 11.1 Å². The van der Waals surface area contributed by atoms with E-state index in [1.165, 1.54) is 0 Å². The molecule has 0 bridgehead atoms. The Hall–Kier alpha value is -1.84. The van der Waals surface area contributed by atoms with E-state index in [2.05, 4.69) is 45.2 Å². The number of hydrogen-bond acceptors (Lipinski definition) is 7. The van der Waals surface area contributed by atoms with Gasteiger partial charge in [0.1, 0.15) is 11.5 Å². The highest BCUT2D eigenvalue weighted by atomic mass is 79.9. The molecule has 0 radical (unpaired) electrons. The molecule has 2 heterocycles. The van der Waals surface area contributed by atoms with Gasteiger partial charge in [0, 0.05) is 16.7 Å². The first-order valence-electron chi connectivity index (χ1n) is 6.18. The Labute approximate surface area is 133 Å². The van der Waals surface area contributed by atoms with Crippen molar-refractivity contribution in [3.05, 3.63) is 40.8 Å². The summed E-state index contributed by atoms with van der Waals surface area (Å²) in [6.07, 6.45) is 1.64. The maximum absolute atomic E-state index is 5.83. The number of aromatic nitrogens is 5. The summed E-state index contributed by atoms with van der Waals surface area (Å²) in [4.78, 5) is 4.42. The van der Waals surface area contributed by atoms with Crippen LogP contribution < -0.4 is 11.1 Å². The Balaban J connectivity index is 1.78. The number of nitrogens with one attached hydrogen (secondary N) is 2. The number of nitrogens with zero attached hydrogens (tertiary/aromatic N) is 4. The first-order chi connectivity index (χ1) is 10.3. The van der Waals surface area contributed by atoms with Crippen LogP contribution in [0.4, 0.5) is 5.69 Å². The largest absolute Gasteiger partial charge is 0.374 e. The second-order valence-corrected chi connectivity index (χ2v) is 5.75. The van der Waals surface area contributed by atoms with E-state index in [1.807, 2.05) is 24.3 Å². The summed E-state index contributed by atoms with van der Waals surface area (Å²) < 4.78 is 9.07. The number of hydrogen-bond donors (Lipinski definition) is 3. The van der Waals surface area contributed by atoms with Crippen LogP contribution in [0.1, 0.15) is 11.9 Å². The van der Waals surface area contributed by atoms with Crippen molar-refractivity contribution in [3.8, 4) is 11.5 Å². The smallest absolute Gasteiger partial charge is 0.202 e. The van der Waals surface area contributed by atoms with E-state index in [4.69, 9.17) is 5.73 Å². The lowest BCUT2D eigenvalue weighted by Crippen LogP contribution is -2.21. The Morgan fingerprint density at radius 1 is 1.33 bits per heavy atom. The lowest BCUT2D eigenvalue weighted by Gasteiger charge is -2.15. The van der Waals surface area contributed by atoms with Gasteiger partial charge in [0.15, 0.2) is 0 Å². The van der Waals surface area contributed by atoms with Gasteiger partial charge in [-0.25, -0.2) is 4.98 Å². The third-order valence-electron chi connectivity index (χ3n) is 2.84. The Morgan fingerprint density at radius 3 is 2.81 bits per heavy atom.